The highest BCUT2D eigenvalue weighted by molar-refractivity contribution is 8.27. The topological polar surface area (TPSA) is 40.6 Å². The lowest BCUT2D eigenvalue weighted by Crippen LogP contribution is -2.27. The lowest BCUT2D eigenvalue weighted by molar-refractivity contribution is -0.122. The molecule has 1 aromatic carbocycles. The van der Waals surface area contributed by atoms with Crippen LogP contribution >= 0.6 is 162 Å². The molecule has 0 N–H and O–H groups in total. The number of fused-ring (bicyclic) bond motifs is 2. The van der Waals surface area contributed by atoms with E-state index in [2.05, 4.69) is 197 Å². The van der Waals surface area contributed by atoms with Gasteiger partial charge in [0.15, 0.2) is 0 Å². The minimum atomic E-state index is 0.0376. The van der Waals surface area contributed by atoms with Gasteiger partial charge in [0, 0.05) is 102 Å². The second kappa shape index (κ2) is 48.3. The molecule has 0 spiro atoms. The zero-order valence-electron chi connectivity index (χ0n) is 70.2. The number of benzene rings is 1. The maximum atomic E-state index is 13.6. The number of amides is 2. The van der Waals surface area contributed by atoms with E-state index in [1.165, 1.54) is 341 Å². The van der Waals surface area contributed by atoms with Gasteiger partial charge in [0.1, 0.15) is 8.64 Å². The quantitative estimate of drug-likeness (QED) is 0.0212. The van der Waals surface area contributed by atoms with Gasteiger partial charge in [-0.2, -0.15) is 23.5 Å². The first-order valence-electron chi connectivity index (χ1n) is 44.2. The van der Waals surface area contributed by atoms with Crippen molar-refractivity contribution in [2.75, 3.05) is 24.6 Å². The second-order valence-corrected chi connectivity index (χ2v) is 45.7. The average molecular weight is 1790 g/mol. The summed E-state index contributed by atoms with van der Waals surface area (Å²) in [5.74, 6) is 5.97. The highest BCUT2D eigenvalue weighted by atomic mass is 32.2. The Bertz CT molecular complexity index is 4270. The van der Waals surface area contributed by atoms with Gasteiger partial charge in [-0.05, 0) is 218 Å². The third kappa shape index (κ3) is 24.8. The number of thioether (sulfide) groups is 4. The van der Waals surface area contributed by atoms with Crippen LogP contribution in [0.2, 0.25) is 0 Å². The normalized spacial score (nSPS) is 14.8. The fraction of sp³-hybridized carbons (Fsp3) is 0.562. The van der Waals surface area contributed by atoms with Crippen molar-refractivity contribution in [3.63, 3.8) is 0 Å². The molecule has 9 aromatic rings. The summed E-state index contributed by atoms with van der Waals surface area (Å²) in [5.41, 5.74) is 8.98. The van der Waals surface area contributed by atoms with Crippen LogP contribution in [0.15, 0.2) is 70.5 Å². The van der Waals surface area contributed by atoms with E-state index in [1.807, 2.05) is 59.2 Å². The molecule has 18 heteroatoms. The molecule has 0 aliphatic carbocycles. The molecule has 2 unspecified atom stereocenters. The van der Waals surface area contributed by atoms with Gasteiger partial charge in [0.2, 0.25) is 0 Å². The number of hydrogen-bond acceptors (Lipinski definition) is 16. The molecule has 2 fully saturated rings. The first-order valence-corrected chi connectivity index (χ1v) is 55.5. The summed E-state index contributed by atoms with van der Waals surface area (Å²) in [4.78, 5) is 51.3. The molecule has 2 saturated heterocycles. The molecule has 618 valence electrons. The fourth-order valence-electron chi connectivity index (χ4n) is 16.0. The van der Waals surface area contributed by atoms with E-state index in [1.54, 1.807) is 20.9 Å². The van der Waals surface area contributed by atoms with Gasteiger partial charge >= 0.3 is 0 Å². The standard InChI is InChI=1S/C96H128N2O2S14/c1-11-21-27-31-35-39-45-67-53-71(57-85-93(99)97(19-9)95(101)113-85)105-87(67)77-49-51-79(107-77)89-69(47-41-37-33-29-23-13-3)55-81(109-89)83-59-73-75(63-103-61-65(17-7)43-25-15-5)92-74(76(91(73)111-83)64-104-62-66(18-8)44-26-16-6)60-84(112-92)82-56-70(48-42-38-34-30-24-14-4)90(110-82)80-52-50-78(108-80)88-68(46-40-36-32-28-22-12-2)54-72(106-88)58-86-94(100)98(20-10)96(102)114-86/h49-60,65-66H,11-48,61-64H2,1-10H3/b85-57-,86-58+. The van der Waals surface area contributed by atoms with Crippen molar-refractivity contribution >= 4 is 215 Å². The summed E-state index contributed by atoms with van der Waals surface area (Å²) in [6, 6.07) is 25.2. The van der Waals surface area contributed by atoms with Crippen LogP contribution in [-0.4, -0.2) is 54.9 Å². The van der Waals surface area contributed by atoms with Gasteiger partial charge in [-0.15, -0.1) is 90.7 Å². The molecule has 10 heterocycles. The number of aryl methyl sites for hydroxylation is 4. The number of carbonyl (C=O) groups excluding carboxylic acids is 2. The summed E-state index contributed by atoms with van der Waals surface area (Å²) >= 11 is 34.8. The minimum absolute atomic E-state index is 0.0376. The molecule has 8 aromatic heterocycles. The van der Waals surface area contributed by atoms with Crippen molar-refractivity contribution in [1.82, 2.24) is 9.80 Å². The zero-order chi connectivity index (χ0) is 80.3. The van der Waals surface area contributed by atoms with E-state index in [0.29, 0.717) is 21.7 Å². The smallest absolute Gasteiger partial charge is 0.266 e. The van der Waals surface area contributed by atoms with Crippen LogP contribution in [0, 0.1) is 11.8 Å². The fourth-order valence-corrected chi connectivity index (χ4v) is 31.7. The second-order valence-electron chi connectivity index (χ2n) is 31.7. The molecule has 2 amide bonds. The van der Waals surface area contributed by atoms with E-state index in [-0.39, 0.29) is 11.8 Å². The number of thiophene rings is 8. The minimum Gasteiger partial charge on any atom is -0.293 e. The molecular formula is C96H128N2O2S14. The van der Waals surface area contributed by atoms with E-state index < -0.39 is 0 Å². The van der Waals surface area contributed by atoms with Crippen LogP contribution in [0.5, 0.6) is 0 Å². The van der Waals surface area contributed by atoms with Crippen LogP contribution in [0.1, 0.15) is 318 Å². The van der Waals surface area contributed by atoms with Gasteiger partial charge in [-0.1, -0.05) is 270 Å². The summed E-state index contributed by atoms with van der Waals surface area (Å²) in [6.07, 6.45) is 49.4. The molecule has 2 aliphatic heterocycles. The molecular weight excluding hydrogens is 1660 g/mol. The Morgan fingerprint density at radius 3 is 0.974 bits per heavy atom. The Balaban J connectivity index is 1.01. The number of nitrogens with zero attached hydrogens (tertiary/aromatic N) is 2. The predicted molar refractivity (Wildman–Crippen MR) is 535 cm³/mol. The Kier molecular flexibility index (Phi) is 39.0. The molecule has 2 atom stereocenters. The number of likely N-dealkylation sites (N-methyl/N-ethyl adjacent to an activating group) is 2. The predicted octanol–water partition coefficient (Wildman–Crippen LogP) is 35.4. The van der Waals surface area contributed by atoms with Gasteiger partial charge in [-0.3, -0.25) is 19.4 Å². The van der Waals surface area contributed by atoms with Crippen LogP contribution in [0.25, 0.3) is 90.9 Å². The van der Waals surface area contributed by atoms with Crippen LogP contribution in [0.4, 0.5) is 0 Å². The Hall–Kier alpha value is -2.66. The molecule has 0 bridgehead atoms. The van der Waals surface area contributed by atoms with Crippen molar-refractivity contribution < 1.29 is 9.59 Å². The SMILES string of the molecule is CCCCCCCCc1cc(/C=C2\SC(=S)N(CC)C2=O)sc1-c1ccc(-c2sc(-c3cc4c(CSCC(CC)CCCC)c5sc(-c6cc(CCCCCCCC)c(-c7ccc(-c8sc(/C=C9/SC(=S)N(CC)C9=O)cc8CCCCCCCC)s7)s6)cc5c(CSCC(CC)CCCC)c4s3)cc2CCCCCCCC)s1. The molecule has 0 radical (unpaired) electrons. The third-order valence-corrected chi connectivity index (χ3v) is 38.4. The molecule has 11 rings (SSSR count). The maximum absolute atomic E-state index is 13.6. The largest absolute Gasteiger partial charge is 0.293 e. The summed E-state index contributed by atoms with van der Waals surface area (Å²) in [6.45, 7) is 24.1. The number of hydrogen-bond donors (Lipinski definition) is 0. The molecule has 2 aliphatic rings. The Morgan fingerprint density at radius 2 is 0.658 bits per heavy atom. The first kappa shape index (κ1) is 92.1. The van der Waals surface area contributed by atoms with Gasteiger partial charge in [0.25, 0.3) is 11.8 Å². The van der Waals surface area contributed by atoms with Gasteiger partial charge in [-0.25, -0.2) is 0 Å². The Labute approximate surface area is 747 Å². The highest BCUT2D eigenvalue weighted by Crippen LogP contribution is 2.54. The van der Waals surface area contributed by atoms with E-state index in [9.17, 15) is 9.59 Å². The van der Waals surface area contributed by atoms with E-state index in [4.69, 9.17) is 24.4 Å². The van der Waals surface area contributed by atoms with Gasteiger partial charge < -0.3 is 0 Å². The van der Waals surface area contributed by atoms with Crippen molar-refractivity contribution in [2.24, 2.45) is 11.8 Å². The van der Waals surface area contributed by atoms with Crippen molar-refractivity contribution in [2.45, 2.75) is 312 Å². The lowest BCUT2D eigenvalue weighted by Gasteiger charge is -2.16. The third-order valence-electron chi connectivity index (χ3n) is 22.9. The monoisotopic (exact) mass is 1790 g/mol. The van der Waals surface area contributed by atoms with Crippen molar-refractivity contribution in [1.29, 1.82) is 0 Å². The zero-order valence-corrected chi connectivity index (χ0v) is 81.6. The summed E-state index contributed by atoms with van der Waals surface area (Å²) in [7, 11) is 0. The number of carbonyl (C=O) groups is 2. The maximum Gasteiger partial charge on any atom is 0.266 e. The number of thiocarbonyl (C=S) groups is 2. The van der Waals surface area contributed by atoms with Crippen molar-refractivity contribution in [3.05, 3.63) is 114 Å². The summed E-state index contributed by atoms with van der Waals surface area (Å²) in [5, 5.41) is 3.00. The molecule has 0 saturated carbocycles. The average Bonchev–Trinajstić information content (AvgIpc) is 1.55. The molecule has 4 nitrogen and oxygen atoms in total. The van der Waals surface area contributed by atoms with Crippen LogP contribution in [0.3, 0.4) is 0 Å². The van der Waals surface area contributed by atoms with E-state index >= 15 is 0 Å². The number of rotatable bonds is 54. The first-order chi connectivity index (χ1) is 55.8. The number of unbranched alkanes of at least 4 members (excludes halogenated alkanes) is 22. The Morgan fingerprint density at radius 1 is 0.351 bits per heavy atom. The molecule has 114 heavy (non-hydrogen) atoms. The van der Waals surface area contributed by atoms with Gasteiger partial charge in [0.05, 0.1) is 9.81 Å². The lowest BCUT2D eigenvalue weighted by atomic mass is 10.0. The van der Waals surface area contributed by atoms with E-state index in [0.717, 1.165) is 68.6 Å². The summed E-state index contributed by atoms with van der Waals surface area (Å²) < 4.78 is 4.36. The highest BCUT2D eigenvalue weighted by Gasteiger charge is 2.33. The van der Waals surface area contributed by atoms with Crippen LogP contribution in [-0.2, 0) is 46.8 Å². The van der Waals surface area contributed by atoms with Crippen LogP contribution < -0.4 is 0 Å². The van der Waals surface area contributed by atoms with Crippen molar-refractivity contribution in [3.8, 4) is 58.5 Å².